The molecule has 3 aliphatic heterocycles. The van der Waals surface area contributed by atoms with E-state index in [0.717, 1.165) is 0 Å². The number of piperidine rings is 2. The van der Waals surface area contributed by atoms with E-state index in [9.17, 15) is 19.2 Å². The highest BCUT2D eigenvalue weighted by Gasteiger charge is 2.44. The van der Waals surface area contributed by atoms with Crippen LogP contribution in [-0.2, 0) is 19.1 Å². The van der Waals surface area contributed by atoms with Gasteiger partial charge in [0.1, 0.15) is 6.61 Å². The Morgan fingerprint density at radius 2 is 1.56 bits per heavy atom. The van der Waals surface area contributed by atoms with Gasteiger partial charge in [0.15, 0.2) is 6.04 Å². The lowest BCUT2D eigenvalue weighted by Gasteiger charge is -2.39. The highest BCUT2D eigenvalue weighted by molar-refractivity contribution is 5.94. The molecule has 3 heterocycles. The van der Waals surface area contributed by atoms with Crippen molar-refractivity contribution in [2.24, 2.45) is 5.92 Å². The maximum atomic E-state index is 13.1. The lowest BCUT2D eigenvalue weighted by Crippen LogP contribution is -2.53. The van der Waals surface area contributed by atoms with Crippen LogP contribution in [0.25, 0.3) is 0 Å². The van der Waals surface area contributed by atoms with Gasteiger partial charge in [-0.05, 0) is 37.8 Å². The van der Waals surface area contributed by atoms with Crippen molar-refractivity contribution in [1.29, 1.82) is 0 Å². The molecule has 1 atom stereocenters. The van der Waals surface area contributed by atoms with E-state index in [1.807, 2.05) is 40.1 Å². The molecule has 0 aromatic heterocycles. The van der Waals surface area contributed by atoms with Gasteiger partial charge in [0.2, 0.25) is 5.91 Å². The quantitative estimate of drug-likeness (QED) is 0.655. The van der Waals surface area contributed by atoms with E-state index in [2.05, 4.69) is 0 Å². The first kappa shape index (κ1) is 22.1. The van der Waals surface area contributed by atoms with Gasteiger partial charge in [-0.3, -0.25) is 14.5 Å². The molecule has 0 radical (unpaired) electrons. The van der Waals surface area contributed by atoms with Crippen molar-refractivity contribution >= 4 is 23.9 Å². The molecule has 4 rings (SSSR count). The number of cyclic esters (lactones) is 1. The van der Waals surface area contributed by atoms with Crippen molar-refractivity contribution in [3.8, 4) is 0 Å². The maximum Gasteiger partial charge on any atom is 0.410 e. The molecule has 32 heavy (non-hydrogen) atoms. The summed E-state index contributed by atoms with van der Waals surface area (Å²) in [6, 6.07) is 8.34. The highest BCUT2D eigenvalue weighted by Crippen LogP contribution is 2.27. The Hall–Kier alpha value is -3.10. The molecule has 0 saturated carbocycles. The number of carbonyl (C=O) groups is 4. The van der Waals surface area contributed by atoms with Crippen molar-refractivity contribution in [1.82, 2.24) is 14.7 Å². The van der Waals surface area contributed by atoms with E-state index >= 15 is 0 Å². The fourth-order valence-electron chi connectivity index (χ4n) is 4.87. The first-order valence-corrected chi connectivity index (χ1v) is 11.2. The smallest absolute Gasteiger partial charge is 0.410 e. The number of amides is 3. The van der Waals surface area contributed by atoms with Crippen LogP contribution in [0.1, 0.15) is 36.0 Å². The zero-order valence-electron chi connectivity index (χ0n) is 18.3. The molecule has 9 heteroatoms. The first-order chi connectivity index (χ1) is 15.5. The third kappa shape index (κ3) is 4.42. The average Bonchev–Trinajstić information content (AvgIpc) is 3.24. The minimum atomic E-state index is -0.716. The van der Waals surface area contributed by atoms with Crippen molar-refractivity contribution in [3.05, 3.63) is 35.9 Å². The number of esters is 1. The summed E-state index contributed by atoms with van der Waals surface area (Å²) >= 11 is 0. The van der Waals surface area contributed by atoms with E-state index in [-0.39, 0.29) is 30.4 Å². The van der Waals surface area contributed by atoms with E-state index in [0.29, 0.717) is 57.4 Å². The molecule has 9 nitrogen and oxygen atoms in total. The summed E-state index contributed by atoms with van der Waals surface area (Å²) in [7, 11) is 1.29. The van der Waals surface area contributed by atoms with Crippen LogP contribution in [-0.4, -0.2) is 90.6 Å². The number of benzene rings is 1. The number of carbonyl (C=O) groups excluding carboxylic acids is 4. The van der Waals surface area contributed by atoms with Crippen LogP contribution < -0.4 is 0 Å². The van der Waals surface area contributed by atoms with Crippen molar-refractivity contribution < 1.29 is 28.7 Å². The van der Waals surface area contributed by atoms with Crippen LogP contribution in [0, 0.1) is 5.92 Å². The van der Waals surface area contributed by atoms with E-state index in [1.54, 1.807) is 0 Å². The Balaban J connectivity index is 1.27. The molecule has 0 N–H and O–H groups in total. The van der Waals surface area contributed by atoms with Crippen LogP contribution in [0.2, 0.25) is 0 Å². The lowest BCUT2D eigenvalue weighted by molar-refractivity contribution is -0.146. The second-order valence-corrected chi connectivity index (χ2v) is 8.51. The largest absolute Gasteiger partial charge is 0.467 e. The lowest BCUT2D eigenvalue weighted by atomic mass is 9.93. The van der Waals surface area contributed by atoms with Crippen LogP contribution in [0.15, 0.2) is 30.3 Å². The molecule has 0 bridgehead atoms. The van der Waals surface area contributed by atoms with Gasteiger partial charge in [-0.25, -0.2) is 9.59 Å². The standard InChI is InChI=1S/C23H29N3O6/c1-31-22(29)19-15-32-23(30)26(19)18-9-13-25(14-10-18)21(28)17-7-11-24(12-8-17)20(27)16-5-3-2-4-6-16/h2-6,17-19H,7-15H2,1H3/t19-/m0/s1. The summed E-state index contributed by atoms with van der Waals surface area (Å²) in [5, 5.41) is 0. The Kier molecular flexibility index (Phi) is 6.62. The third-order valence-electron chi connectivity index (χ3n) is 6.71. The Morgan fingerprint density at radius 3 is 2.19 bits per heavy atom. The molecular formula is C23H29N3O6. The summed E-state index contributed by atoms with van der Waals surface area (Å²) in [4.78, 5) is 54.9. The molecule has 172 valence electrons. The van der Waals surface area contributed by atoms with Gasteiger partial charge < -0.3 is 19.3 Å². The molecule has 3 aliphatic rings. The molecule has 1 aromatic rings. The third-order valence-corrected chi connectivity index (χ3v) is 6.71. The van der Waals surface area contributed by atoms with E-state index < -0.39 is 18.1 Å². The number of nitrogens with zero attached hydrogens (tertiary/aromatic N) is 3. The van der Waals surface area contributed by atoms with Crippen LogP contribution >= 0.6 is 0 Å². The molecule has 3 saturated heterocycles. The maximum absolute atomic E-state index is 13.1. The van der Waals surface area contributed by atoms with Gasteiger partial charge in [0.25, 0.3) is 5.91 Å². The second-order valence-electron chi connectivity index (χ2n) is 8.51. The van der Waals surface area contributed by atoms with Crippen LogP contribution in [0.3, 0.4) is 0 Å². The molecular weight excluding hydrogens is 414 g/mol. The minimum absolute atomic E-state index is 0.00489. The number of rotatable bonds is 4. The summed E-state index contributed by atoms with van der Waals surface area (Å²) in [6.07, 6.45) is 2.00. The van der Waals surface area contributed by atoms with E-state index in [4.69, 9.17) is 9.47 Å². The zero-order valence-corrected chi connectivity index (χ0v) is 18.3. The van der Waals surface area contributed by atoms with Gasteiger partial charge in [0, 0.05) is 43.7 Å². The van der Waals surface area contributed by atoms with Crippen molar-refractivity contribution in [2.45, 2.75) is 37.8 Å². The highest BCUT2D eigenvalue weighted by atomic mass is 16.6. The summed E-state index contributed by atoms with van der Waals surface area (Å²) in [5.41, 5.74) is 0.671. The predicted molar refractivity (Wildman–Crippen MR) is 114 cm³/mol. The zero-order chi connectivity index (χ0) is 22.7. The average molecular weight is 444 g/mol. The van der Waals surface area contributed by atoms with Crippen LogP contribution in [0.5, 0.6) is 0 Å². The Bertz CT molecular complexity index is 860. The number of likely N-dealkylation sites (tertiary alicyclic amines) is 2. The first-order valence-electron chi connectivity index (χ1n) is 11.2. The molecule has 0 spiro atoms. The fraction of sp³-hybridized carbons (Fsp3) is 0.565. The molecule has 0 unspecified atom stereocenters. The molecule has 1 aromatic carbocycles. The van der Waals surface area contributed by atoms with Gasteiger partial charge in [-0.15, -0.1) is 0 Å². The van der Waals surface area contributed by atoms with Crippen LogP contribution in [0.4, 0.5) is 4.79 Å². The van der Waals surface area contributed by atoms with E-state index in [1.165, 1.54) is 12.0 Å². The summed E-state index contributed by atoms with van der Waals surface area (Å²) in [5.74, 6) is -0.448. The summed E-state index contributed by atoms with van der Waals surface area (Å²) in [6.45, 7) is 2.21. The number of hydrogen-bond donors (Lipinski definition) is 0. The monoisotopic (exact) mass is 443 g/mol. The SMILES string of the molecule is COC(=O)[C@@H]1COC(=O)N1C1CCN(C(=O)C2CCN(C(=O)c3ccccc3)CC2)CC1. The summed E-state index contributed by atoms with van der Waals surface area (Å²) < 4.78 is 9.85. The minimum Gasteiger partial charge on any atom is -0.467 e. The molecule has 3 amide bonds. The number of methoxy groups -OCH3 is 1. The topological polar surface area (TPSA) is 96.5 Å². The number of ether oxygens (including phenoxy) is 2. The van der Waals surface area contributed by atoms with Gasteiger partial charge in [-0.1, -0.05) is 18.2 Å². The predicted octanol–water partition coefficient (Wildman–Crippen LogP) is 1.52. The van der Waals surface area contributed by atoms with Crippen molar-refractivity contribution in [2.75, 3.05) is 39.9 Å². The molecule has 0 aliphatic carbocycles. The molecule has 3 fully saturated rings. The fourth-order valence-corrected chi connectivity index (χ4v) is 4.87. The van der Waals surface area contributed by atoms with Gasteiger partial charge >= 0.3 is 12.1 Å². The second kappa shape index (κ2) is 9.58. The number of hydrogen-bond acceptors (Lipinski definition) is 6. The van der Waals surface area contributed by atoms with Crippen molar-refractivity contribution in [3.63, 3.8) is 0 Å². The van der Waals surface area contributed by atoms with Gasteiger partial charge in [0.05, 0.1) is 7.11 Å². The normalized spacial score (nSPS) is 22.6. The Labute approximate surface area is 187 Å². The Morgan fingerprint density at radius 1 is 0.938 bits per heavy atom. The van der Waals surface area contributed by atoms with Gasteiger partial charge in [-0.2, -0.15) is 0 Å².